The van der Waals surface area contributed by atoms with E-state index in [1.54, 1.807) is 17.0 Å². The molecule has 152 valence electrons. The number of urea groups is 1. The fourth-order valence-corrected chi connectivity index (χ4v) is 3.23. The van der Waals surface area contributed by atoms with E-state index < -0.39 is 6.61 Å². The molecule has 1 aliphatic rings. The molecule has 0 bridgehead atoms. The highest BCUT2D eigenvalue weighted by Crippen LogP contribution is 2.31. The second-order valence-electron chi connectivity index (χ2n) is 7.15. The van der Waals surface area contributed by atoms with Crippen LogP contribution in [0.15, 0.2) is 22.7 Å². The van der Waals surface area contributed by atoms with Gasteiger partial charge in [0.2, 0.25) is 5.89 Å². The van der Waals surface area contributed by atoms with Gasteiger partial charge in [-0.2, -0.15) is 13.8 Å². The van der Waals surface area contributed by atoms with Gasteiger partial charge in [-0.1, -0.05) is 36.7 Å². The molecule has 1 aliphatic heterocycles. The number of aromatic nitrogens is 2. The Balaban J connectivity index is 1.68. The zero-order valence-corrected chi connectivity index (χ0v) is 16.1. The van der Waals surface area contributed by atoms with Crippen LogP contribution in [0.5, 0.6) is 5.75 Å². The first-order chi connectivity index (χ1) is 13.3. The lowest BCUT2D eigenvalue weighted by Gasteiger charge is -2.23. The van der Waals surface area contributed by atoms with E-state index >= 15 is 0 Å². The largest absolute Gasteiger partial charge is 0.434 e. The second kappa shape index (κ2) is 8.53. The van der Waals surface area contributed by atoms with E-state index in [0.717, 1.165) is 18.4 Å². The van der Waals surface area contributed by atoms with E-state index in [-0.39, 0.29) is 30.3 Å². The lowest BCUT2D eigenvalue weighted by molar-refractivity contribution is -0.0504. The van der Waals surface area contributed by atoms with Gasteiger partial charge in [0.25, 0.3) is 0 Å². The summed E-state index contributed by atoms with van der Waals surface area (Å²) in [6.45, 7) is 3.48. The number of rotatable bonds is 6. The van der Waals surface area contributed by atoms with E-state index in [0.29, 0.717) is 23.8 Å². The lowest BCUT2D eigenvalue weighted by atomic mass is 10.1. The van der Waals surface area contributed by atoms with Gasteiger partial charge in [0.05, 0.1) is 6.04 Å². The van der Waals surface area contributed by atoms with Crippen LogP contribution in [0.25, 0.3) is 0 Å². The average molecular weight is 394 g/mol. The maximum absolute atomic E-state index is 12.7. The van der Waals surface area contributed by atoms with Gasteiger partial charge in [-0.25, -0.2) is 4.79 Å². The molecule has 3 rings (SSSR count). The minimum Gasteiger partial charge on any atom is -0.434 e. The highest BCUT2D eigenvalue weighted by molar-refractivity contribution is 5.75. The van der Waals surface area contributed by atoms with Crippen molar-refractivity contribution < 1.29 is 22.8 Å². The molecule has 1 aromatic carbocycles. The summed E-state index contributed by atoms with van der Waals surface area (Å²) < 4.78 is 35.0. The van der Waals surface area contributed by atoms with Crippen LogP contribution in [0.4, 0.5) is 13.6 Å². The summed E-state index contributed by atoms with van der Waals surface area (Å²) in [5.41, 5.74) is 1.38. The van der Waals surface area contributed by atoms with Crippen LogP contribution in [-0.2, 0) is 6.54 Å². The number of halogens is 2. The maximum Gasteiger partial charge on any atom is 0.387 e. The molecule has 0 spiro atoms. The third-order valence-corrected chi connectivity index (χ3v) is 4.63. The highest BCUT2D eigenvalue weighted by atomic mass is 19.3. The van der Waals surface area contributed by atoms with Crippen molar-refractivity contribution in [3.63, 3.8) is 0 Å². The first-order valence-corrected chi connectivity index (χ1v) is 9.27. The van der Waals surface area contributed by atoms with Gasteiger partial charge in [0.15, 0.2) is 5.82 Å². The Kier molecular flexibility index (Phi) is 6.11. The van der Waals surface area contributed by atoms with Gasteiger partial charge in [-0.05, 0) is 25.8 Å². The molecule has 0 saturated carbocycles. The number of carbonyl (C=O) groups is 1. The Morgan fingerprint density at radius 3 is 2.89 bits per heavy atom. The molecule has 1 unspecified atom stereocenters. The van der Waals surface area contributed by atoms with E-state index in [2.05, 4.69) is 20.2 Å². The summed E-state index contributed by atoms with van der Waals surface area (Å²) in [6.07, 6.45) is 1.57. The van der Waals surface area contributed by atoms with Crippen molar-refractivity contribution in [2.75, 3.05) is 6.54 Å². The number of nitrogens with one attached hydrogen (secondary N) is 1. The summed E-state index contributed by atoms with van der Waals surface area (Å²) in [5, 5.41) is 6.80. The predicted molar refractivity (Wildman–Crippen MR) is 97.1 cm³/mol. The van der Waals surface area contributed by atoms with Crippen LogP contribution in [0, 0.1) is 6.92 Å². The first-order valence-electron chi connectivity index (χ1n) is 9.27. The van der Waals surface area contributed by atoms with E-state index in [4.69, 9.17) is 4.52 Å². The number of benzene rings is 1. The number of aryl methyl sites for hydroxylation is 1. The van der Waals surface area contributed by atoms with Crippen LogP contribution >= 0.6 is 0 Å². The van der Waals surface area contributed by atoms with Gasteiger partial charge in [-0.15, -0.1) is 0 Å². The molecule has 9 heteroatoms. The molecule has 1 fully saturated rings. The fourth-order valence-electron chi connectivity index (χ4n) is 3.23. The number of amides is 2. The Labute approximate surface area is 162 Å². The standard InChI is InChI=1S/C19H24F2N4O3/c1-11(2)17-23-16(24-28-17)14-5-4-8-25(14)19(26)22-10-13-9-12(3)6-7-15(13)27-18(20)21/h6-7,9,11,14,18H,4-5,8,10H2,1-3H3,(H,22,26). The molecule has 0 radical (unpaired) electrons. The van der Waals surface area contributed by atoms with Gasteiger partial charge in [-0.3, -0.25) is 0 Å². The summed E-state index contributed by atoms with van der Waals surface area (Å²) in [6, 6.07) is 4.32. The number of ether oxygens (including phenoxy) is 1. The molecule has 2 aromatic rings. The van der Waals surface area contributed by atoms with Crippen LogP contribution in [0.2, 0.25) is 0 Å². The van der Waals surface area contributed by atoms with Crippen molar-refractivity contribution in [3.05, 3.63) is 41.0 Å². The third kappa shape index (κ3) is 4.58. The van der Waals surface area contributed by atoms with Gasteiger partial charge >= 0.3 is 12.6 Å². The average Bonchev–Trinajstić information content (AvgIpc) is 3.30. The van der Waals surface area contributed by atoms with Crippen molar-refractivity contribution in [2.45, 2.75) is 58.7 Å². The molecule has 2 amide bonds. The van der Waals surface area contributed by atoms with Crippen molar-refractivity contribution in [1.29, 1.82) is 0 Å². The van der Waals surface area contributed by atoms with Crippen molar-refractivity contribution in [3.8, 4) is 5.75 Å². The molecular weight excluding hydrogens is 370 g/mol. The van der Waals surface area contributed by atoms with Crippen LogP contribution in [-0.4, -0.2) is 34.2 Å². The monoisotopic (exact) mass is 394 g/mol. The van der Waals surface area contributed by atoms with Gasteiger partial charge < -0.3 is 19.5 Å². The fraction of sp³-hybridized carbons (Fsp3) is 0.526. The number of alkyl halides is 2. The molecule has 1 atom stereocenters. The molecule has 1 aromatic heterocycles. The van der Waals surface area contributed by atoms with Gasteiger partial charge in [0, 0.05) is 24.6 Å². The first kappa shape index (κ1) is 20.0. The van der Waals surface area contributed by atoms with Crippen LogP contribution in [0.3, 0.4) is 0 Å². The molecule has 1 saturated heterocycles. The van der Waals surface area contributed by atoms with Crippen molar-refractivity contribution in [2.24, 2.45) is 0 Å². The molecule has 28 heavy (non-hydrogen) atoms. The Morgan fingerprint density at radius 2 is 2.21 bits per heavy atom. The number of likely N-dealkylation sites (tertiary alicyclic amines) is 1. The molecule has 2 heterocycles. The smallest absolute Gasteiger partial charge is 0.387 e. The summed E-state index contributed by atoms with van der Waals surface area (Å²) >= 11 is 0. The molecule has 0 aliphatic carbocycles. The Hall–Kier alpha value is -2.71. The summed E-state index contributed by atoms with van der Waals surface area (Å²) in [4.78, 5) is 18.8. The number of carbonyl (C=O) groups excluding carboxylic acids is 1. The predicted octanol–water partition coefficient (Wildman–Crippen LogP) is 4.15. The maximum atomic E-state index is 12.7. The third-order valence-electron chi connectivity index (χ3n) is 4.63. The summed E-state index contributed by atoms with van der Waals surface area (Å²) in [5.74, 6) is 1.20. The quantitative estimate of drug-likeness (QED) is 0.796. The Morgan fingerprint density at radius 1 is 1.43 bits per heavy atom. The van der Waals surface area contributed by atoms with Crippen LogP contribution < -0.4 is 10.1 Å². The summed E-state index contributed by atoms with van der Waals surface area (Å²) in [7, 11) is 0. The van der Waals surface area contributed by atoms with Crippen LogP contribution in [0.1, 0.15) is 61.5 Å². The van der Waals surface area contributed by atoms with E-state index in [9.17, 15) is 13.6 Å². The van der Waals surface area contributed by atoms with Crippen molar-refractivity contribution >= 4 is 6.03 Å². The minimum absolute atomic E-state index is 0.0543. The zero-order chi connectivity index (χ0) is 20.3. The second-order valence-corrected chi connectivity index (χ2v) is 7.15. The van der Waals surface area contributed by atoms with Gasteiger partial charge in [0.1, 0.15) is 5.75 Å². The lowest BCUT2D eigenvalue weighted by Crippen LogP contribution is -2.39. The zero-order valence-electron chi connectivity index (χ0n) is 16.1. The normalized spacial score (nSPS) is 16.8. The van der Waals surface area contributed by atoms with Crippen molar-refractivity contribution in [1.82, 2.24) is 20.4 Å². The minimum atomic E-state index is -2.92. The highest BCUT2D eigenvalue weighted by Gasteiger charge is 2.33. The topological polar surface area (TPSA) is 80.5 Å². The Bertz CT molecular complexity index is 825. The van der Waals surface area contributed by atoms with E-state index in [1.165, 1.54) is 6.07 Å². The number of hydrogen-bond donors (Lipinski definition) is 1. The molecule has 7 nitrogen and oxygen atoms in total. The SMILES string of the molecule is Cc1ccc(OC(F)F)c(CNC(=O)N2CCCC2c2noc(C(C)C)n2)c1. The number of nitrogens with zero attached hydrogens (tertiary/aromatic N) is 3. The number of hydrogen-bond acceptors (Lipinski definition) is 5. The molecule has 1 N–H and O–H groups in total. The molecular formula is C19H24F2N4O3. The van der Waals surface area contributed by atoms with E-state index in [1.807, 2.05) is 20.8 Å².